The van der Waals surface area contributed by atoms with E-state index in [4.69, 9.17) is 4.74 Å². The Morgan fingerprint density at radius 2 is 2.10 bits per heavy atom. The lowest BCUT2D eigenvalue weighted by Gasteiger charge is -2.31. The number of nitriles is 1. The van der Waals surface area contributed by atoms with Gasteiger partial charge in [0.2, 0.25) is 5.91 Å². The molecule has 0 bridgehead atoms. The van der Waals surface area contributed by atoms with Gasteiger partial charge in [-0.05, 0) is 57.7 Å². The number of aromatic nitrogens is 2. The highest BCUT2D eigenvalue weighted by atomic mass is 16.5. The van der Waals surface area contributed by atoms with Gasteiger partial charge in [-0.3, -0.25) is 24.7 Å². The summed E-state index contributed by atoms with van der Waals surface area (Å²) in [6, 6.07) is 5.26. The van der Waals surface area contributed by atoms with Gasteiger partial charge in [0.1, 0.15) is 23.4 Å². The first-order valence-corrected chi connectivity index (χ1v) is 14.0. The Kier molecular flexibility index (Phi) is 9.86. The van der Waals surface area contributed by atoms with Crippen LogP contribution in [0.3, 0.4) is 0 Å². The summed E-state index contributed by atoms with van der Waals surface area (Å²) in [5, 5.41) is 15.3. The molecule has 4 rings (SSSR count). The molecule has 12 nitrogen and oxygen atoms in total. The minimum absolute atomic E-state index is 0.0396. The number of amides is 3. The van der Waals surface area contributed by atoms with Crippen molar-refractivity contribution < 1.29 is 19.1 Å². The smallest absolute Gasteiger partial charge is 0.328 e. The molecule has 41 heavy (non-hydrogen) atoms. The van der Waals surface area contributed by atoms with Crippen LogP contribution in [0.4, 0.5) is 22.1 Å². The third-order valence-electron chi connectivity index (χ3n) is 7.54. The molecule has 0 aliphatic carbocycles. The molecule has 2 aromatic heterocycles. The Labute approximate surface area is 240 Å². The summed E-state index contributed by atoms with van der Waals surface area (Å²) >= 11 is 0. The van der Waals surface area contributed by atoms with Gasteiger partial charge >= 0.3 is 6.03 Å². The van der Waals surface area contributed by atoms with Crippen molar-refractivity contribution in [2.24, 2.45) is 0 Å². The van der Waals surface area contributed by atoms with E-state index in [2.05, 4.69) is 45.4 Å². The SMILES string of the molecule is COCCNc1cc(NC(=O)N2CCCc3cc(CN(C)C(=O)[C@H]4CCCN4C(C)C)c(C=O)nc32)ncc1C#N. The average molecular weight is 563 g/mol. The van der Waals surface area contributed by atoms with Crippen molar-refractivity contribution in [3.05, 3.63) is 40.7 Å². The molecule has 2 aliphatic heterocycles. The number of pyridine rings is 2. The Morgan fingerprint density at radius 3 is 2.80 bits per heavy atom. The van der Waals surface area contributed by atoms with Gasteiger partial charge in [-0.1, -0.05) is 0 Å². The van der Waals surface area contributed by atoms with Crippen LogP contribution >= 0.6 is 0 Å². The molecule has 1 fully saturated rings. The van der Waals surface area contributed by atoms with Crippen LogP contribution in [0.15, 0.2) is 18.3 Å². The van der Waals surface area contributed by atoms with Crippen LogP contribution in [-0.4, -0.2) is 90.5 Å². The minimum Gasteiger partial charge on any atom is -0.383 e. The Bertz CT molecular complexity index is 1320. The molecule has 1 saturated heterocycles. The average Bonchev–Trinajstić information content (AvgIpc) is 3.47. The maximum absolute atomic E-state index is 13.3. The molecule has 0 spiro atoms. The first-order valence-electron chi connectivity index (χ1n) is 14.0. The van der Waals surface area contributed by atoms with E-state index in [1.54, 1.807) is 25.1 Å². The molecule has 4 heterocycles. The van der Waals surface area contributed by atoms with Crippen LogP contribution in [0.5, 0.6) is 0 Å². The van der Waals surface area contributed by atoms with E-state index in [0.717, 1.165) is 24.9 Å². The molecule has 2 aliphatic rings. The number of hydrogen-bond acceptors (Lipinski definition) is 9. The van der Waals surface area contributed by atoms with E-state index in [1.807, 2.05) is 6.07 Å². The van der Waals surface area contributed by atoms with Crippen molar-refractivity contribution in [3.8, 4) is 6.07 Å². The third kappa shape index (κ3) is 6.81. The normalized spacial score (nSPS) is 16.7. The predicted octanol–water partition coefficient (Wildman–Crippen LogP) is 3.03. The zero-order valence-corrected chi connectivity index (χ0v) is 24.1. The van der Waals surface area contributed by atoms with E-state index in [-0.39, 0.29) is 36.0 Å². The quantitative estimate of drug-likeness (QED) is 0.330. The van der Waals surface area contributed by atoms with Crippen LogP contribution in [0.1, 0.15) is 60.3 Å². The lowest BCUT2D eigenvalue weighted by Crippen LogP contribution is -2.46. The highest BCUT2D eigenvalue weighted by molar-refractivity contribution is 6.02. The fourth-order valence-electron chi connectivity index (χ4n) is 5.47. The topological polar surface area (TPSA) is 144 Å². The van der Waals surface area contributed by atoms with Gasteiger partial charge in [-0.2, -0.15) is 5.26 Å². The molecule has 3 amide bonds. The van der Waals surface area contributed by atoms with Gasteiger partial charge in [-0.15, -0.1) is 0 Å². The molecule has 0 unspecified atom stereocenters. The number of carbonyl (C=O) groups excluding carboxylic acids is 3. The van der Waals surface area contributed by atoms with Gasteiger partial charge in [-0.25, -0.2) is 14.8 Å². The summed E-state index contributed by atoms with van der Waals surface area (Å²) in [6.45, 7) is 6.72. The fourth-order valence-corrected chi connectivity index (χ4v) is 5.47. The zero-order chi connectivity index (χ0) is 29.5. The number of urea groups is 1. The Balaban J connectivity index is 1.51. The van der Waals surface area contributed by atoms with E-state index in [1.165, 1.54) is 11.1 Å². The summed E-state index contributed by atoms with van der Waals surface area (Å²) in [5.41, 5.74) is 2.59. The summed E-state index contributed by atoms with van der Waals surface area (Å²) in [4.78, 5) is 52.9. The Morgan fingerprint density at radius 1 is 1.29 bits per heavy atom. The number of methoxy groups -OCH3 is 1. The molecule has 0 aromatic carbocycles. The molecule has 218 valence electrons. The third-order valence-corrected chi connectivity index (χ3v) is 7.54. The largest absolute Gasteiger partial charge is 0.383 e. The summed E-state index contributed by atoms with van der Waals surface area (Å²) in [7, 11) is 3.35. The second-order valence-electron chi connectivity index (χ2n) is 10.6. The number of fused-ring (bicyclic) bond motifs is 1. The molecule has 12 heteroatoms. The number of aryl methyl sites for hydroxylation is 1. The van der Waals surface area contributed by atoms with Crippen molar-refractivity contribution in [1.82, 2.24) is 19.8 Å². The van der Waals surface area contributed by atoms with Crippen molar-refractivity contribution >= 4 is 35.5 Å². The lowest BCUT2D eigenvalue weighted by atomic mass is 10.0. The van der Waals surface area contributed by atoms with Crippen LogP contribution < -0.4 is 15.5 Å². The van der Waals surface area contributed by atoms with Crippen LogP contribution in [0.2, 0.25) is 0 Å². The van der Waals surface area contributed by atoms with Crippen LogP contribution in [-0.2, 0) is 22.5 Å². The lowest BCUT2D eigenvalue weighted by molar-refractivity contribution is -0.135. The number of likely N-dealkylation sites (tertiary alicyclic amines) is 1. The van der Waals surface area contributed by atoms with Gasteiger partial charge in [0.25, 0.3) is 0 Å². The summed E-state index contributed by atoms with van der Waals surface area (Å²) in [6.07, 6.45) is 5.30. The monoisotopic (exact) mass is 562 g/mol. The molecule has 2 aromatic rings. The number of aldehydes is 1. The first kappa shape index (κ1) is 29.9. The van der Waals surface area contributed by atoms with Crippen LogP contribution in [0.25, 0.3) is 0 Å². The van der Waals surface area contributed by atoms with Gasteiger partial charge in [0, 0.05) is 57.7 Å². The number of likely N-dealkylation sites (N-methyl/N-ethyl adjacent to an activating group) is 1. The zero-order valence-electron chi connectivity index (χ0n) is 24.1. The summed E-state index contributed by atoms with van der Waals surface area (Å²) in [5.74, 6) is 0.732. The molecule has 0 saturated carbocycles. The molecular formula is C29H38N8O4. The predicted molar refractivity (Wildman–Crippen MR) is 155 cm³/mol. The van der Waals surface area contributed by atoms with Crippen molar-refractivity contribution in [3.63, 3.8) is 0 Å². The van der Waals surface area contributed by atoms with E-state index in [9.17, 15) is 19.6 Å². The Hall–Kier alpha value is -4.08. The van der Waals surface area contributed by atoms with Crippen molar-refractivity contribution in [2.75, 3.05) is 55.9 Å². The van der Waals surface area contributed by atoms with Gasteiger partial charge in [0.15, 0.2) is 6.29 Å². The number of rotatable bonds is 10. The number of nitrogens with one attached hydrogen (secondary N) is 2. The standard InChI is InChI=1S/C29H38N8O4/c1-19(2)36-10-6-8-25(36)28(39)35(3)17-21-13-20-7-5-11-37(27(20)33-24(21)18-38)29(40)34-26-14-23(31-9-12-41-4)22(15-30)16-32-26/h13-14,16,18-19,25H,5-12,17H2,1-4H3,(H2,31,32,34,40)/t25-/m1/s1. The molecule has 0 radical (unpaired) electrons. The van der Waals surface area contributed by atoms with Gasteiger partial charge in [0.05, 0.1) is 23.9 Å². The second kappa shape index (κ2) is 13.5. The molecular weight excluding hydrogens is 524 g/mol. The van der Waals surface area contributed by atoms with Crippen LogP contribution in [0, 0.1) is 11.3 Å². The number of nitrogens with zero attached hydrogens (tertiary/aromatic N) is 6. The van der Waals surface area contributed by atoms with E-state index in [0.29, 0.717) is 61.5 Å². The van der Waals surface area contributed by atoms with Gasteiger partial charge < -0.3 is 15.0 Å². The minimum atomic E-state index is -0.439. The van der Waals surface area contributed by atoms with E-state index < -0.39 is 6.03 Å². The van der Waals surface area contributed by atoms with E-state index >= 15 is 0 Å². The maximum atomic E-state index is 13.3. The first-order chi connectivity index (χ1) is 19.8. The highest BCUT2D eigenvalue weighted by Gasteiger charge is 2.34. The second-order valence-corrected chi connectivity index (χ2v) is 10.6. The highest BCUT2D eigenvalue weighted by Crippen LogP contribution is 2.29. The molecule has 2 N–H and O–H groups in total. The number of anilines is 3. The number of carbonyl (C=O) groups is 3. The number of hydrogen-bond donors (Lipinski definition) is 2. The van der Waals surface area contributed by atoms with Crippen molar-refractivity contribution in [1.29, 1.82) is 5.26 Å². The number of ether oxygens (including phenoxy) is 1. The van der Waals surface area contributed by atoms with Crippen molar-refractivity contribution in [2.45, 2.75) is 58.2 Å². The fraction of sp³-hybridized carbons (Fsp3) is 0.517. The maximum Gasteiger partial charge on any atom is 0.328 e. The summed E-state index contributed by atoms with van der Waals surface area (Å²) < 4.78 is 5.05. The molecule has 1 atom stereocenters.